The summed E-state index contributed by atoms with van der Waals surface area (Å²) in [5.41, 5.74) is 1.16. The van der Waals surface area contributed by atoms with Crippen molar-refractivity contribution in [2.45, 2.75) is 37.1 Å². The third-order valence-corrected chi connectivity index (χ3v) is 5.83. The van der Waals surface area contributed by atoms with Crippen LogP contribution in [0.25, 0.3) is 0 Å². The van der Waals surface area contributed by atoms with E-state index < -0.39 is 5.41 Å². The predicted molar refractivity (Wildman–Crippen MR) is 97.1 cm³/mol. The van der Waals surface area contributed by atoms with Crippen molar-refractivity contribution in [2.75, 3.05) is 6.61 Å². The molecule has 2 aromatic carbocycles. The highest BCUT2D eigenvalue weighted by molar-refractivity contribution is 9.10. The van der Waals surface area contributed by atoms with Gasteiger partial charge in [-0.15, -0.1) is 0 Å². The Hall–Kier alpha value is -1.88. The van der Waals surface area contributed by atoms with Crippen molar-refractivity contribution < 1.29 is 13.9 Å². The molecular weight excluding hydrogens is 385 g/mol. The molecule has 0 aromatic heterocycles. The summed E-state index contributed by atoms with van der Waals surface area (Å²) in [4.78, 5) is 13.1. The van der Waals surface area contributed by atoms with Crippen LogP contribution in [0.4, 0.5) is 4.39 Å². The van der Waals surface area contributed by atoms with E-state index in [0.29, 0.717) is 6.61 Å². The molecule has 3 nitrogen and oxygen atoms in total. The summed E-state index contributed by atoms with van der Waals surface area (Å²) in [6, 6.07) is 12.2. The Balaban J connectivity index is 1.61. The molecule has 1 aliphatic heterocycles. The lowest BCUT2D eigenvalue weighted by Gasteiger charge is -2.42. The second-order valence-electron chi connectivity index (χ2n) is 6.79. The highest BCUT2D eigenvalue weighted by atomic mass is 79.9. The summed E-state index contributed by atoms with van der Waals surface area (Å²) in [5, 5.41) is 3.20. The number of hydrogen-bond acceptors (Lipinski definition) is 2. The van der Waals surface area contributed by atoms with E-state index in [1.54, 1.807) is 6.07 Å². The quantitative estimate of drug-likeness (QED) is 0.809. The molecule has 0 bridgehead atoms. The van der Waals surface area contributed by atoms with Gasteiger partial charge in [0.25, 0.3) is 0 Å². The Morgan fingerprint density at radius 1 is 1.24 bits per heavy atom. The molecular formula is C20H19BrFNO2. The van der Waals surface area contributed by atoms with Gasteiger partial charge in [0.15, 0.2) is 0 Å². The molecule has 0 saturated heterocycles. The highest BCUT2D eigenvalue weighted by Crippen LogP contribution is 2.45. The number of rotatable bonds is 3. The molecule has 2 aliphatic rings. The molecule has 130 valence electrons. The smallest absolute Gasteiger partial charge is 0.231 e. The van der Waals surface area contributed by atoms with Gasteiger partial charge in [0, 0.05) is 16.5 Å². The molecule has 1 fully saturated rings. The minimum Gasteiger partial charge on any atom is -0.493 e. The Kier molecular flexibility index (Phi) is 4.28. The number of carbonyl (C=O) groups excluding carboxylic acids is 1. The topological polar surface area (TPSA) is 38.3 Å². The molecule has 1 unspecified atom stereocenters. The lowest BCUT2D eigenvalue weighted by molar-refractivity contribution is -0.131. The average molecular weight is 404 g/mol. The first kappa shape index (κ1) is 16.6. The lowest BCUT2D eigenvalue weighted by atomic mass is 9.63. The number of fused-ring (bicyclic) bond motifs is 1. The van der Waals surface area contributed by atoms with Crippen molar-refractivity contribution in [3.05, 3.63) is 63.9 Å². The number of amides is 1. The normalized spacial score (nSPS) is 20.8. The Morgan fingerprint density at radius 3 is 2.80 bits per heavy atom. The van der Waals surface area contributed by atoms with Gasteiger partial charge in [-0.3, -0.25) is 4.79 Å². The lowest BCUT2D eigenvalue weighted by Crippen LogP contribution is -2.50. The summed E-state index contributed by atoms with van der Waals surface area (Å²) in [6.07, 6.45) is 3.24. The second-order valence-corrected chi connectivity index (χ2v) is 7.71. The van der Waals surface area contributed by atoms with Crippen molar-refractivity contribution in [1.29, 1.82) is 0 Å². The molecule has 0 radical (unpaired) electrons. The van der Waals surface area contributed by atoms with Gasteiger partial charge in [0.05, 0.1) is 18.1 Å². The predicted octanol–water partition coefficient (Wildman–Crippen LogP) is 4.65. The maximum atomic E-state index is 13.7. The van der Waals surface area contributed by atoms with Crippen LogP contribution in [0.1, 0.15) is 42.9 Å². The Bertz CT molecular complexity index is 819. The SMILES string of the molecule is O=C(NC1CCOc2ccc(Br)cc21)C1(c2cccc(F)c2)CCC1. The van der Waals surface area contributed by atoms with Crippen LogP contribution in [0.2, 0.25) is 0 Å². The van der Waals surface area contributed by atoms with Gasteiger partial charge in [-0.2, -0.15) is 0 Å². The molecule has 25 heavy (non-hydrogen) atoms. The zero-order chi connectivity index (χ0) is 17.4. The first-order chi connectivity index (χ1) is 12.1. The van der Waals surface area contributed by atoms with Gasteiger partial charge in [0.2, 0.25) is 5.91 Å². The summed E-state index contributed by atoms with van der Waals surface area (Å²) in [5.74, 6) is 0.507. The van der Waals surface area contributed by atoms with Crippen molar-refractivity contribution >= 4 is 21.8 Å². The molecule has 1 N–H and O–H groups in total. The molecule has 1 saturated carbocycles. The van der Waals surface area contributed by atoms with Gasteiger partial charge < -0.3 is 10.1 Å². The fourth-order valence-electron chi connectivity index (χ4n) is 3.77. The largest absolute Gasteiger partial charge is 0.493 e. The zero-order valence-electron chi connectivity index (χ0n) is 13.7. The van der Waals surface area contributed by atoms with E-state index in [9.17, 15) is 9.18 Å². The fraction of sp³-hybridized carbons (Fsp3) is 0.350. The van der Waals surface area contributed by atoms with Crippen molar-refractivity contribution in [3.8, 4) is 5.75 Å². The Labute approximate surface area is 154 Å². The van der Waals surface area contributed by atoms with Crippen LogP contribution < -0.4 is 10.1 Å². The number of carbonyl (C=O) groups is 1. The third-order valence-electron chi connectivity index (χ3n) is 5.34. The van der Waals surface area contributed by atoms with Crippen LogP contribution >= 0.6 is 15.9 Å². The maximum Gasteiger partial charge on any atom is 0.231 e. The van der Waals surface area contributed by atoms with Crippen LogP contribution in [0.15, 0.2) is 46.9 Å². The summed E-state index contributed by atoms with van der Waals surface area (Å²) in [7, 11) is 0. The second kappa shape index (κ2) is 6.45. The number of hydrogen-bond donors (Lipinski definition) is 1. The van der Waals surface area contributed by atoms with Crippen molar-refractivity contribution in [2.24, 2.45) is 0 Å². The minimum absolute atomic E-state index is 0.0119. The van der Waals surface area contributed by atoms with Gasteiger partial charge in [-0.1, -0.05) is 34.5 Å². The number of ether oxygens (including phenoxy) is 1. The summed E-state index contributed by atoms with van der Waals surface area (Å²) >= 11 is 3.48. The van der Waals surface area contributed by atoms with Crippen LogP contribution in [0.5, 0.6) is 5.75 Å². The maximum absolute atomic E-state index is 13.7. The van der Waals surface area contributed by atoms with Crippen molar-refractivity contribution in [3.63, 3.8) is 0 Å². The summed E-state index contributed by atoms with van der Waals surface area (Å²) < 4.78 is 20.3. The van der Waals surface area contributed by atoms with E-state index in [-0.39, 0.29) is 17.8 Å². The monoisotopic (exact) mass is 403 g/mol. The molecule has 0 spiro atoms. The Morgan fingerprint density at radius 2 is 2.08 bits per heavy atom. The minimum atomic E-state index is -0.605. The van der Waals surface area contributed by atoms with E-state index in [2.05, 4.69) is 21.2 Å². The first-order valence-electron chi connectivity index (χ1n) is 8.58. The zero-order valence-corrected chi connectivity index (χ0v) is 15.3. The number of nitrogens with one attached hydrogen (secondary N) is 1. The van der Waals surface area contributed by atoms with E-state index >= 15 is 0 Å². The van der Waals surface area contributed by atoms with E-state index in [4.69, 9.17) is 4.74 Å². The van der Waals surface area contributed by atoms with E-state index in [1.807, 2.05) is 24.3 Å². The van der Waals surface area contributed by atoms with Gasteiger partial charge in [-0.25, -0.2) is 4.39 Å². The molecule has 1 aliphatic carbocycles. The number of benzene rings is 2. The molecule has 1 heterocycles. The molecule has 2 aromatic rings. The fourth-order valence-corrected chi connectivity index (χ4v) is 4.15. The van der Waals surface area contributed by atoms with Crippen LogP contribution in [-0.2, 0) is 10.2 Å². The molecule has 5 heteroatoms. The van der Waals surface area contributed by atoms with Gasteiger partial charge in [0.1, 0.15) is 11.6 Å². The van der Waals surface area contributed by atoms with Gasteiger partial charge >= 0.3 is 0 Å². The van der Waals surface area contributed by atoms with E-state index in [0.717, 1.165) is 47.0 Å². The summed E-state index contributed by atoms with van der Waals surface area (Å²) in [6.45, 7) is 0.576. The van der Waals surface area contributed by atoms with Crippen LogP contribution in [-0.4, -0.2) is 12.5 Å². The average Bonchev–Trinajstić information content (AvgIpc) is 2.54. The molecule has 4 rings (SSSR count). The first-order valence-corrected chi connectivity index (χ1v) is 9.37. The van der Waals surface area contributed by atoms with Crippen molar-refractivity contribution in [1.82, 2.24) is 5.32 Å². The van der Waals surface area contributed by atoms with E-state index in [1.165, 1.54) is 12.1 Å². The standard InChI is InChI=1S/C20H19BrFNO2/c21-14-5-6-18-16(12-14)17(7-10-25-18)23-19(24)20(8-2-9-20)13-3-1-4-15(22)11-13/h1,3-6,11-12,17H,2,7-10H2,(H,23,24). The van der Waals surface area contributed by atoms with Crippen LogP contribution in [0.3, 0.4) is 0 Å². The molecule has 1 amide bonds. The highest BCUT2D eigenvalue weighted by Gasteiger charge is 2.46. The number of halogens is 2. The van der Waals surface area contributed by atoms with Gasteiger partial charge in [-0.05, 0) is 48.7 Å². The molecule has 1 atom stereocenters. The van der Waals surface area contributed by atoms with Crippen LogP contribution in [0, 0.1) is 5.82 Å². The third kappa shape index (κ3) is 2.95.